The van der Waals surface area contributed by atoms with Crippen LogP contribution in [0.4, 0.5) is 10.1 Å². The quantitative estimate of drug-likeness (QED) is 0.501. The maximum absolute atomic E-state index is 13.7. The van der Waals surface area contributed by atoms with Gasteiger partial charge in [-0.3, -0.25) is 9.63 Å². The highest BCUT2D eigenvalue weighted by molar-refractivity contribution is 6.35. The summed E-state index contributed by atoms with van der Waals surface area (Å²) in [6.45, 7) is 4.26. The van der Waals surface area contributed by atoms with Crippen LogP contribution in [0.25, 0.3) is 23.0 Å². The number of hydrogen-bond donors (Lipinski definition) is 1. The Morgan fingerprint density at radius 3 is 2.85 bits per heavy atom. The van der Waals surface area contributed by atoms with Gasteiger partial charge in [0.15, 0.2) is 0 Å². The highest BCUT2D eigenvalue weighted by atomic mass is 35.5. The lowest BCUT2D eigenvalue weighted by Crippen LogP contribution is -2.29. The summed E-state index contributed by atoms with van der Waals surface area (Å²) in [4.78, 5) is 20.7. The smallest absolute Gasteiger partial charge is 0.256 e. The minimum absolute atomic E-state index is 0.296. The molecule has 1 fully saturated rings. The molecule has 0 atom stereocenters. The van der Waals surface area contributed by atoms with Gasteiger partial charge in [-0.25, -0.2) is 4.39 Å². The van der Waals surface area contributed by atoms with Gasteiger partial charge in [-0.15, -0.1) is 0 Å². The number of nitrogens with one attached hydrogen (secondary N) is 1. The molecule has 6 nitrogen and oxygen atoms in total. The minimum atomic E-state index is -0.403. The molecule has 5 rings (SSSR count). The predicted molar refractivity (Wildman–Crippen MR) is 131 cm³/mol. The first-order valence-corrected chi connectivity index (χ1v) is 11.6. The molecule has 0 bridgehead atoms. The molecule has 0 unspecified atom stereocenters. The molecule has 0 saturated carbocycles. The third-order valence-electron chi connectivity index (χ3n) is 6.07. The molecule has 8 heteroatoms. The summed E-state index contributed by atoms with van der Waals surface area (Å²) in [5.74, 6) is 0.353. The Hall–Kier alpha value is -2.97. The van der Waals surface area contributed by atoms with Crippen LogP contribution < -0.4 is 5.32 Å². The molecule has 1 N–H and O–H groups in total. The molecule has 3 heterocycles. The van der Waals surface area contributed by atoms with Gasteiger partial charge >= 0.3 is 0 Å². The molecule has 0 spiro atoms. The van der Waals surface area contributed by atoms with Crippen molar-refractivity contribution in [3.8, 4) is 11.3 Å². The van der Waals surface area contributed by atoms with Gasteiger partial charge in [0, 0.05) is 36.4 Å². The van der Waals surface area contributed by atoms with Gasteiger partial charge in [0.05, 0.1) is 17.2 Å². The van der Waals surface area contributed by atoms with Gasteiger partial charge in [0.25, 0.3) is 5.91 Å². The number of nitrogens with zero attached hydrogens (tertiary/aromatic N) is 2. The Morgan fingerprint density at radius 2 is 1.97 bits per heavy atom. The van der Waals surface area contributed by atoms with E-state index in [1.165, 1.54) is 12.1 Å². The lowest BCUT2D eigenvalue weighted by atomic mass is 10.1. The molecule has 0 radical (unpaired) electrons. The number of fused-ring (bicyclic) bond motifs is 1. The zero-order chi connectivity index (χ0) is 23.7. The molecule has 3 aromatic rings. The number of furan rings is 1. The molecule has 34 heavy (non-hydrogen) atoms. The molecular weight excluding hydrogens is 457 g/mol. The standard InChI is InChI=1S/C26H25ClFN3O3/c1-30-9-2-10-31(12-11-30)33-16-17-3-6-23(27)22(13-17)25-8-5-19(34-25)15-21-20-14-18(28)4-7-24(20)29-26(21)32/h3-8,13-15H,2,9-12,16H2,1H3,(H,29,32)/b21-15+. The normalized spacial score (nSPS) is 18.2. The Bertz CT molecular complexity index is 1260. The zero-order valence-electron chi connectivity index (χ0n) is 18.8. The summed E-state index contributed by atoms with van der Waals surface area (Å²) >= 11 is 6.47. The largest absolute Gasteiger partial charge is 0.457 e. The molecule has 176 valence electrons. The van der Waals surface area contributed by atoms with Gasteiger partial charge in [-0.2, -0.15) is 5.06 Å². The summed E-state index contributed by atoms with van der Waals surface area (Å²) in [6.07, 6.45) is 2.68. The number of benzene rings is 2. The van der Waals surface area contributed by atoms with Crippen LogP contribution in [0.5, 0.6) is 0 Å². The van der Waals surface area contributed by atoms with Crippen LogP contribution in [-0.2, 0) is 16.2 Å². The molecule has 0 aliphatic carbocycles. The number of hydrogen-bond acceptors (Lipinski definition) is 5. The SMILES string of the molecule is CN1CCCN(OCc2ccc(Cl)c(-c3ccc(/C=C4/C(=O)Nc5ccc(F)cc54)o3)c2)CC1. The summed E-state index contributed by atoms with van der Waals surface area (Å²) in [5.41, 5.74) is 3.17. The van der Waals surface area contributed by atoms with Crippen molar-refractivity contribution in [1.29, 1.82) is 0 Å². The van der Waals surface area contributed by atoms with Crippen molar-refractivity contribution in [2.24, 2.45) is 0 Å². The fourth-order valence-corrected chi connectivity index (χ4v) is 4.40. The number of anilines is 1. The van der Waals surface area contributed by atoms with Crippen molar-refractivity contribution in [3.63, 3.8) is 0 Å². The Kier molecular flexibility index (Phi) is 6.52. The maximum atomic E-state index is 13.7. The van der Waals surface area contributed by atoms with E-state index in [9.17, 15) is 9.18 Å². The number of amides is 1. The van der Waals surface area contributed by atoms with Crippen LogP contribution in [0, 0.1) is 5.82 Å². The minimum Gasteiger partial charge on any atom is -0.457 e. The molecule has 2 aromatic carbocycles. The van der Waals surface area contributed by atoms with Crippen molar-refractivity contribution in [2.75, 3.05) is 38.5 Å². The molecular formula is C26H25ClFN3O3. The van der Waals surface area contributed by atoms with Crippen molar-refractivity contribution in [3.05, 3.63) is 76.3 Å². The van der Waals surface area contributed by atoms with E-state index in [-0.39, 0.29) is 5.91 Å². The van der Waals surface area contributed by atoms with Gasteiger partial charge in [-0.1, -0.05) is 17.7 Å². The van der Waals surface area contributed by atoms with Crippen molar-refractivity contribution in [2.45, 2.75) is 13.0 Å². The summed E-state index contributed by atoms with van der Waals surface area (Å²) in [5, 5.41) is 5.31. The van der Waals surface area contributed by atoms with Crippen LogP contribution in [0.3, 0.4) is 0 Å². The van der Waals surface area contributed by atoms with Gasteiger partial charge in [-0.05, 0) is 74.1 Å². The molecule has 1 saturated heterocycles. The number of likely N-dealkylation sites (N-methyl/N-ethyl adjacent to an activating group) is 1. The first-order valence-electron chi connectivity index (χ1n) is 11.2. The van der Waals surface area contributed by atoms with Crippen LogP contribution in [-0.4, -0.2) is 49.1 Å². The van der Waals surface area contributed by atoms with E-state index in [1.807, 2.05) is 29.3 Å². The van der Waals surface area contributed by atoms with E-state index in [0.717, 1.165) is 43.7 Å². The molecule has 1 aromatic heterocycles. The molecule has 2 aliphatic heterocycles. The Balaban J connectivity index is 1.34. The number of carbonyl (C=O) groups is 1. The lowest BCUT2D eigenvalue weighted by molar-refractivity contribution is -0.166. The fraction of sp³-hybridized carbons (Fsp3) is 0.269. The average Bonchev–Trinajstić information content (AvgIpc) is 3.33. The Morgan fingerprint density at radius 1 is 1.09 bits per heavy atom. The zero-order valence-corrected chi connectivity index (χ0v) is 19.6. The van der Waals surface area contributed by atoms with Crippen molar-refractivity contribution >= 4 is 34.8 Å². The fourth-order valence-electron chi connectivity index (χ4n) is 4.19. The summed E-state index contributed by atoms with van der Waals surface area (Å²) in [7, 11) is 2.12. The summed E-state index contributed by atoms with van der Waals surface area (Å²) < 4.78 is 19.7. The number of carbonyl (C=O) groups excluding carboxylic acids is 1. The van der Waals surface area contributed by atoms with Crippen molar-refractivity contribution in [1.82, 2.24) is 9.96 Å². The third kappa shape index (κ3) is 4.93. The second kappa shape index (κ2) is 9.72. The van der Waals surface area contributed by atoms with E-state index in [0.29, 0.717) is 40.0 Å². The van der Waals surface area contributed by atoms with E-state index >= 15 is 0 Å². The number of halogens is 2. The highest BCUT2D eigenvalue weighted by Gasteiger charge is 2.25. The number of rotatable bonds is 5. The average molecular weight is 482 g/mol. The molecule has 2 aliphatic rings. The van der Waals surface area contributed by atoms with Gasteiger partial charge in [0.1, 0.15) is 17.3 Å². The third-order valence-corrected chi connectivity index (χ3v) is 6.40. The van der Waals surface area contributed by atoms with Crippen LogP contribution in [0.2, 0.25) is 5.02 Å². The lowest BCUT2D eigenvalue weighted by Gasteiger charge is -2.20. The Labute approximate surface area is 202 Å². The monoisotopic (exact) mass is 481 g/mol. The maximum Gasteiger partial charge on any atom is 0.256 e. The highest BCUT2D eigenvalue weighted by Crippen LogP contribution is 2.35. The van der Waals surface area contributed by atoms with E-state index in [4.69, 9.17) is 20.9 Å². The van der Waals surface area contributed by atoms with Crippen LogP contribution in [0.1, 0.15) is 23.3 Å². The van der Waals surface area contributed by atoms with E-state index in [1.54, 1.807) is 18.2 Å². The van der Waals surface area contributed by atoms with Crippen LogP contribution >= 0.6 is 11.6 Å². The first kappa shape index (κ1) is 22.8. The number of hydroxylamine groups is 2. The summed E-state index contributed by atoms with van der Waals surface area (Å²) in [6, 6.07) is 13.5. The van der Waals surface area contributed by atoms with E-state index in [2.05, 4.69) is 17.3 Å². The first-order chi connectivity index (χ1) is 16.5. The topological polar surface area (TPSA) is 58.0 Å². The second-order valence-electron chi connectivity index (χ2n) is 8.58. The van der Waals surface area contributed by atoms with Crippen molar-refractivity contribution < 1.29 is 18.4 Å². The van der Waals surface area contributed by atoms with Gasteiger partial charge < -0.3 is 14.6 Å². The van der Waals surface area contributed by atoms with Gasteiger partial charge in [0.2, 0.25) is 0 Å². The molecule has 1 amide bonds. The van der Waals surface area contributed by atoms with E-state index < -0.39 is 5.82 Å². The van der Waals surface area contributed by atoms with Crippen LogP contribution in [0.15, 0.2) is 52.9 Å². The predicted octanol–water partition coefficient (Wildman–Crippen LogP) is 5.30. The second-order valence-corrected chi connectivity index (χ2v) is 8.98.